The molecular weight excluding hydrogens is 748 g/mol. The minimum atomic E-state index is -4.69. The van der Waals surface area contributed by atoms with E-state index in [9.17, 15) is 32.3 Å². The van der Waals surface area contributed by atoms with Crippen LogP contribution in [-0.2, 0) is 22.8 Å². The fourth-order valence-electron chi connectivity index (χ4n) is 8.87. The highest BCUT2D eigenvalue weighted by atomic mass is 19.4. The lowest BCUT2D eigenvalue weighted by atomic mass is 9.83. The van der Waals surface area contributed by atoms with Crippen LogP contribution in [0.1, 0.15) is 84.7 Å². The molecule has 5 aromatic rings. The molecule has 13 nitrogen and oxygen atoms in total. The molecule has 3 fully saturated rings. The number of piperidine rings is 2. The van der Waals surface area contributed by atoms with Gasteiger partial charge >= 0.3 is 11.9 Å². The van der Waals surface area contributed by atoms with Crippen molar-refractivity contribution in [2.45, 2.75) is 75.3 Å². The van der Waals surface area contributed by atoms with E-state index in [1.54, 1.807) is 31.3 Å². The van der Waals surface area contributed by atoms with Crippen LogP contribution in [0.3, 0.4) is 0 Å². The molecule has 5 heterocycles. The number of imidazole rings is 1. The summed E-state index contributed by atoms with van der Waals surface area (Å²) in [6.07, 6.45) is 0.610. The molecule has 0 spiro atoms. The van der Waals surface area contributed by atoms with Gasteiger partial charge in [0.25, 0.3) is 5.91 Å². The van der Waals surface area contributed by atoms with E-state index in [0.29, 0.717) is 41.2 Å². The number of rotatable bonds is 8. The number of nitrogens with one attached hydrogen (secondary N) is 2. The molecule has 1 saturated carbocycles. The molecule has 2 N–H and O–H groups in total. The van der Waals surface area contributed by atoms with Crippen molar-refractivity contribution in [1.82, 2.24) is 34.1 Å². The Morgan fingerprint density at radius 3 is 2.51 bits per heavy atom. The summed E-state index contributed by atoms with van der Waals surface area (Å²) in [6.45, 7) is 1.76. The molecule has 8 rings (SSSR count). The van der Waals surface area contributed by atoms with Crippen LogP contribution in [0.25, 0.3) is 21.9 Å². The van der Waals surface area contributed by atoms with Crippen molar-refractivity contribution < 1.29 is 36.7 Å². The summed E-state index contributed by atoms with van der Waals surface area (Å²) in [6, 6.07) is 11.3. The predicted octanol–water partition coefficient (Wildman–Crippen LogP) is 5.90. The first-order valence-corrected chi connectivity index (χ1v) is 19.1. The van der Waals surface area contributed by atoms with Crippen molar-refractivity contribution in [2.24, 2.45) is 13.0 Å². The molecule has 17 heteroatoms. The second-order valence-electron chi connectivity index (χ2n) is 15.3. The maximum Gasteiger partial charge on any atom is 0.433 e. The number of aromatic nitrogens is 5. The zero-order valence-electron chi connectivity index (χ0n) is 31.4. The third kappa shape index (κ3) is 7.40. The number of nitrogens with zero attached hydrogens (tertiary/aromatic N) is 6. The van der Waals surface area contributed by atoms with Gasteiger partial charge in [-0.3, -0.25) is 33.5 Å². The van der Waals surface area contributed by atoms with Crippen molar-refractivity contribution >= 4 is 45.3 Å². The molecule has 3 atom stereocenters. The predicted molar refractivity (Wildman–Crippen MR) is 202 cm³/mol. The van der Waals surface area contributed by atoms with Crippen LogP contribution in [0.2, 0.25) is 0 Å². The number of carbonyl (C=O) groups excluding carboxylic acids is 3. The first kappa shape index (κ1) is 38.3. The second-order valence-corrected chi connectivity index (χ2v) is 15.3. The molecule has 300 valence electrons. The normalized spacial score (nSPS) is 23.5. The van der Waals surface area contributed by atoms with E-state index in [1.165, 1.54) is 22.3 Å². The smallest absolute Gasteiger partial charge is 0.433 e. The fraction of sp³-hybridized carbons (Fsp3) is 0.450. The van der Waals surface area contributed by atoms with Crippen molar-refractivity contribution in [2.75, 3.05) is 32.1 Å². The summed E-state index contributed by atoms with van der Waals surface area (Å²) in [7, 11) is 3.07. The van der Waals surface area contributed by atoms with Crippen LogP contribution in [0.5, 0.6) is 5.75 Å². The first-order chi connectivity index (χ1) is 27.3. The lowest BCUT2D eigenvalue weighted by Gasteiger charge is -2.38. The lowest BCUT2D eigenvalue weighted by Crippen LogP contribution is -2.44. The highest BCUT2D eigenvalue weighted by molar-refractivity contribution is 6.05. The van der Waals surface area contributed by atoms with E-state index in [2.05, 4.69) is 20.5 Å². The number of hydrogen-bond donors (Lipinski definition) is 2. The average molecular weight is 791 g/mol. The SMILES string of the molecule is COc1cc2nn(C3CCC(CN4CC[C@H](c5cccc6c5n(C)c(=O)n6C5CCC(=O)NC5=O)[C@@H](F)C4)CC3)cc2cc1NC(=O)c1cccc(C(F)(F)F)n1. The Hall–Kier alpha value is -5.58. The summed E-state index contributed by atoms with van der Waals surface area (Å²) >= 11 is 0. The Morgan fingerprint density at radius 1 is 1.02 bits per heavy atom. The van der Waals surface area contributed by atoms with Crippen molar-refractivity contribution in [1.29, 1.82) is 0 Å². The summed E-state index contributed by atoms with van der Waals surface area (Å²) in [5.41, 5.74) is 0.929. The minimum absolute atomic E-state index is 0.131. The summed E-state index contributed by atoms with van der Waals surface area (Å²) < 4.78 is 66.0. The number of fused-ring (bicyclic) bond motifs is 2. The van der Waals surface area contributed by atoms with E-state index in [1.807, 2.05) is 16.9 Å². The molecule has 3 amide bonds. The van der Waals surface area contributed by atoms with Gasteiger partial charge in [0.2, 0.25) is 11.8 Å². The molecule has 3 aromatic heterocycles. The number of benzene rings is 2. The third-order valence-electron chi connectivity index (χ3n) is 11.8. The van der Waals surface area contributed by atoms with Gasteiger partial charge in [0, 0.05) is 50.1 Å². The summed E-state index contributed by atoms with van der Waals surface area (Å²) in [4.78, 5) is 56.4. The lowest BCUT2D eigenvalue weighted by molar-refractivity contribution is -0.141. The van der Waals surface area contributed by atoms with E-state index in [-0.39, 0.29) is 48.4 Å². The first-order valence-electron chi connectivity index (χ1n) is 19.1. The molecule has 2 aromatic carbocycles. The van der Waals surface area contributed by atoms with Crippen LogP contribution in [-0.4, -0.2) is 79.4 Å². The van der Waals surface area contributed by atoms with Gasteiger partial charge in [-0.1, -0.05) is 18.2 Å². The molecule has 3 aliphatic rings. The monoisotopic (exact) mass is 790 g/mol. The van der Waals surface area contributed by atoms with E-state index in [4.69, 9.17) is 9.84 Å². The zero-order valence-corrected chi connectivity index (χ0v) is 31.4. The second kappa shape index (κ2) is 15.1. The molecule has 0 radical (unpaired) electrons. The number of halogens is 4. The molecule has 1 unspecified atom stereocenters. The Bertz CT molecular complexity index is 2430. The highest BCUT2D eigenvalue weighted by Crippen LogP contribution is 2.39. The third-order valence-corrected chi connectivity index (χ3v) is 11.8. The number of hydrogen-bond acceptors (Lipinski definition) is 8. The molecule has 1 aliphatic carbocycles. The number of likely N-dealkylation sites (tertiary alicyclic amines) is 1. The van der Waals surface area contributed by atoms with E-state index in [0.717, 1.165) is 55.3 Å². The van der Waals surface area contributed by atoms with Gasteiger partial charge in [-0.05, 0) is 80.8 Å². The van der Waals surface area contributed by atoms with Crippen molar-refractivity contribution in [3.63, 3.8) is 0 Å². The Morgan fingerprint density at radius 2 is 1.79 bits per heavy atom. The van der Waals surface area contributed by atoms with Gasteiger partial charge in [0.1, 0.15) is 29.4 Å². The standard InChI is InChI=1S/C40H42F4N8O5/c1-49-36-26(5-3-7-31(36)52(39(49)56)32-13-14-35(53)47-38(32)55)25-15-16-50(21-27(25)41)19-22-9-11-24(12-10-22)51-20-23-17-30(33(57-2)18-29(23)48-51)46-37(54)28-6-4-8-34(45-28)40(42,43)44/h3-8,17-18,20,22,24-25,27,32H,9-16,19,21H2,1-2H3,(H,46,54)(H,47,53,55)/t22?,24?,25-,27+,32?/m1/s1. The number of imide groups is 1. The Kier molecular flexibility index (Phi) is 10.1. The fourth-order valence-corrected chi connectivity index (χ4v) is 8.87. The number of alkyl halides is 4. The largest absolute Gasteiger partial charge is 0.494 e. The number of para-hydroxylation sites is 1. The van der Waals surface area contributed by atoms with Gasteiger partial charge in [0.05, 0.1) is 35.4 Å². The number of amides is 3. The quantitative estimate of drug-likeness (QED) is 0.146. The molecule has 0 bridgehead atoms. The van der Waals surface area contributed by atoms with Crippen LogP contribution in [0.4, 0.5) is 23.2 Å². The average Bonchev–Trinajstić information content (AvgIpc) is 3.71. The topological polar surface area (TPSA) is 145 Å². The van der Waals surface area contributed by atoms with Gasteiger partial charge in [0.15, 0.2) is 0 Å². The highest BCUT2D eigenvalue weighted by Gasteiger charge is 2.37. The van der Waals surface area contributed by atoms with Gasteiger partial charge in [-0.25, -0.2) is 14.2 Å². The molecule has 57 heavy (non-hydrogen) atoms. The van der Waals surface area contributed by atoms with Crippen LogP contribution in [0, 0.1) is 5.92 Å². The number of ether oxygens (including phenoxy) is 1. The van der Waals surface area contributed by atoms with Gasteiger partial charge in [-0.2, -0.15) is 18.3 Å². The molecular formula is C40H42F4N8O5. The van der Waals surface area contributed by atoms with E-state index < -0.39 is 41.8 Å². The summed E-state index contributed by atoms with van der Waals surface area (Å²) in [5.74, 6) is -1.40. The van der Waals surface area contributed by atoms with Crippen LogP contribution in [0.15, 0.2) is 59.5 Å². The molecule has 2 saturated heterocycles. The minimum Gasteiger partial charge on any atom is -0.494 e. The van der Waals surface area contributed by atoms with Gasteiger partial charge < -0.3 is 15.0 Å². The number of anilines is 1. The van der Waals surface area contributed by atoms with Gasteiger partial charge in [-0.15, -0.1) is 0 Å². The Balaban J connectivity index is 0.892. The van der Waals surface area contributed by atoms with Crippen LogP contribution < -0.4 is 21.1 Å². The van der Waals surface area contributed by atoms with Crippen LogP contribution >= 0.6 is 0 Å². The number of pyridine rings is 1. The van der Waals surface area contributed by atoms with Crippen molar-refractivity contribution in [3.8, 4) is 5.75 Å². The summed E-state index contributed by atoms with van der Waals surface area (Å²) in [5, 5.41) is 10.5. The zero-order chi connectivity index (χ0) is 40.2. The van der Waals surface area contributed by atoms with E-state index >= 15 is 4.39 Å². The van der Waals surface area contributed by atoms with Crippen molar-refractivity contribution in [3.05, 3.63) is 82.2 Å². The number of carbonyl (C=O) groups is 3. The maximum absolute atomic E-state index is 16.1. The maximum atomic E-state index is 16.1. The number of methoxy groups -OCH3 is 1. The number of aryl methyl sites for hydroxylation is 1. The molecule has 2 aliphatic heterocycles. The Labute approximate surface area is 324 Å².